The first-order valence-corrected chi connectivity index (χ1v) is 9.79. The molecule has 0 atom stereocenters. The van der Waals surface area contributed by atoms with Crippen molar-refractivity contribution in [1.82, 2.24) is 15.3 Å². The summed E-state index contributed by atoms with van der Waals surface area (Å²) in [4.78, 5) is 43.3. The van der Waals surface area contributed by atoms with Crippen LogP contribution in [-0.4, -0.2) is 33.3 Å². The van der Waals surface area contributed by atoms with E-state index in [2.05, 4.69) is 15.3 Å². The lowest BCUT2D eigenvalue weighted by molar-refractivity contribution is 0.0948. The topological polar surface area (TPSA) is 112 Å². The van der Waals surface area contributed by atoms with E-state index >= 15 is 0 Å². The minimum absolute atomic E-state index is 0.000321. The standard InChI is InChI=1S/C21H17N3O4S/c1-11(25)12-4-2-5-13(8-12)15-9-14(15)10-22-20(27)17-18(26)21(28)24-19(23-17)16-6-3-7-29-16/h2-8,26H,9-10H2,1H3,(H,22,27)(H,23,24,28). The largest absolute Gasteiger partial charge is 0.501 e. The zero-order chi connectivity index (χ0) is 20.5. The molecule has 0 spiro atoms. The number of nitrogens with zero attached hydrogens (tertiary/aromatic N) is 1. The number of aromatic hydroxyl groups is 1. The Labute approximate surface area is 169 Å². The molecular formula is C21H17N3O4S. The van der Waals surface area contributed by atoms with Crippen LogP contribution in [0.4, 0.5) is 0 Å². The number of aromatic amines is 1. The molecule has 0 unspecified atom stereocenters. The summed E-state index contributed by atoms with van der Waals surface area (Å²) < 4.78 is 0. The second-order valence-corrected chi connectivity index (χ2v) is 7.62. The van der Waals surface area contributed by atoms with E-state index in [9.17, 15) is 19.5 Å². The van der Waals surface area contributed by atoms with Gasteiger partial charge >= 0.3 is 0 Å². The number of thiophene rings is 1. The number of rotatable bonds is 6. The van der Waals surface area contributed by atoms with E-state index in [1.807, 2.05) is 23.6 Å². The molecule has 2 heterocycles. The molecule has 4 rings (SSSR count). The van der Waals surface area contributed by atoms with Crippen LogP contribution in [0.5, 0.6) is 5.75 Å². The summed E-state index contributed by atoms with van der Waals surface area (Å²) in [5.41, 5.74) is 2.64. The molecule has 29 heavy (non-hydrogen) atoms. The summed E-state index contributed by atoms with van der Waals surface area (Å²) in [7, 11) is 0. The summed E-state index contributed by atoms with van der Waals surface area (Å²) in [6, 6.07) is 10.9. The Morgan fingerprint density at radius 1 is 1.28 bits per heavy atom. The van der Waals surface area contributed by atoms with Crippen LogP contribution in [0.3, 0.4) is 0 Å². The lowest BCUT2D eigenvalue weighted by Crippen LogP contribution is -2.27. The molecule has 0 bridgehead atoms. The fraction of sp³-hybridized carbons (Fsp3) is 0.143. The Balaban J connectivity index is 1.51. The van der Waals surface area contributed by atoms with Gasteiger partial charge in [-0.05, 0) is 47.6 Å². The smallest absolute Gasteiger partial charge is 0.294 e. The van der Waals surface area contributed by atoms with E-state index in [4.69, 9.17) is 0 Å². The van der Waals surface area contributed by atoms with Crippen LogP contribution in [-0.2, 0) is 0 Å². The van der Waals surface area contributed by atoms with Crippen molar-refractivity contribution in [3.8, 4) is 16.5 Å². The van der Waals surface area contributed by atoms with Gasteiger partial charge in [-0.1, -0.05) is 24.3 Å². The molecule has 146 valence electrons. The number of carbonyl (C=O) groups is 2. The minimum Gasteiger partial charge on any atom is -0.501 e. The predicted octanol–water partition coefficient (Wildman–Crippen LogP) is 2.99. The number of carbonyl (C=O) groups excluding carboxylic acids is 2. The minimum atomic E-state index is -0.763. The molecule has 0 saturated carbocycles. The molecule has 1 aromatic carbocycles. The van der Waals surface area contributed by atoms with Crippen LogP contribution in [0, 0.1) is 0 Å². The SMILES string of the molecule is CC(=O)c1cccc(C2=C(CNC(=O)c3nc(-c4cccs4)[nH]c(=O)c3O)C2)c1. The maximum absolute atomic E-state index is 12.5. The van der Waals surface area contributed by atoms with Crippen molar-refractivity contribution in [3.63, 3.8) is 0 Å². The molecule has 7 nitrogen and oxygen atoms in total. The van der Waals surface area contributed by atoms with Gasteiger partial charge in [-0.2, -0.15) is 0 Å². The molecule has 1 amide bonds. The van der Waals surface area contributed by atoms with Crippen LogP contribution in [0.15, 0.2) is 52.1 Å². The second kappa shape index (κ2) is 7.48. The first-order valence-electron chi connectivity index (χ1n) is 8.91. The molecule has 3 aromatic rings. The Hall–Kier alpha value is -3.52. The quantitative estimate of drug-likeness (QED) is 0.544. The maximum atomic E-state index is 12.5. The van der Waals surface area contributed by atoms with Gasteiger partial charge in [-0.15, -0.1) is 11.3 Å². The fourth-order valence-electron chi connectivity index (χ4n) is 3.00. The van der Waals surface area contributed by atoms with Crippen molar-refractivity contribution in [1.29, 1.82) is 0 Å². The van der Waals surface area contributed by atoms with Crippen molar-refractivity contribution in [2.24, 2.45) is 0 Å². The van der Waals surface area contributed by atoms with E-state index in [1.165, 1.54) is 18.3 Å². The van der Waals surface area contributed by atoms with E-state index in [-0.39, 0.29) is 23.8 Å². The van der Waals surface area contributed by atoms with Crippen LogP contribution in [0.2, 0.25) is 0 Å². The first kappa shape index (κ1) is 18.8. The van der Waals surface area contributed by atoms with Gasteiger partial charge in [-0.25, -0.2) is 4.98 Å². The molecule has 0 aliphatic heterocycles. The number of H-pyrrole nitrogens is 1. The average Bonchev–Trinajstić information content (AvgIpc) is 3.28. The maximum Gasteiger partial charge on any atom is 0.294 e. The van der Waals surface area contributed by atoms with Gasteiger partial charge in [0.05, 0.1) is 4.88 Å². The molecule has 0 saturated heterocycles. The van der Waals surface area contributed by atoms with E-state index in [1.54, 1.807) is 18.2 Å². The summed E-state index contributed by atoms with van der Waals surface area (Å²) in [5, 5.41) is 14.5. The number of allylic oxidation sites excluding steroid dienone is 1. The molecule has 8 heteroatoms. The molecule has 1 aliphatic carbocycles. The van der Waals surface area contributed by atoms with Gasteiger partial charge in [0.15, 0.2) is 17.3 Å². The molecule has 0 radical (unpaired) electrons. The zero-order valence-electron chi connectivity index (χ0n) is 15.5. The van der Waals surface area contributed by atoms with Gasteiger partial charge in [0.1, 0.15) is 0 Å². The van der Waals surface area contributed by atoms with Crippen LogP contribution in [0.1, 0.15) is 39.8 Å². The van der Waals surface area contributed by atoms with Crippen molar-refractivity contribution < 1.29 is 14.7 Å². The van der Waals surface area contributed by atoms with Gasteiger partial charge in [0.25, 0.3) is 11.5 Å². The third-order valence-corrected chi connectivity index (χ3v) is 5.51. The number of Topliss-reactive ketones (excluding diaryl/α,β-unsaturated/α-hetero) is 1. The van der Waals surface area contributed by atoms with Gasteiger partial charge < -0.3 is 15.4 Å². The lowest BCUT2D eigenvalue weighted by Gasteiger charge is -2.06. The van der Waals surface area contributed by atoms with Crippen LogP contribution in [0.25, 0.3) is 16.3 Å². The Morgan fingerprint density at radius 3 is 2.83 bits per heavy atom. The van der Waals surface area contributed by atoms with Crippen molar-refractivity contribution in [2.75, 3.05) is 6.54 Å². The third-order valence-electron chi connectivity index (χ3n) is 4.64. The van der Waals surface area contributed by atoms with Crippen LogP contribution < -0.4 is 10.9 Å². The van der Waals surface area contributed by atoms with Gasteiger partial charge in [0, 0.05) is 12.1 Å². The van der Waals surface area contributed by atoms with E-state index in [0.29, 0.717) is 10.4 Å². The van der Waals surface area contributed by atoms with Gasteiger partial charge in [0.2, 0.25) is 5.75 Å². The fourth-order valence-corrected chi connectivity index (χ4v) is 3.67. The molecule has 2 aromatic heterocycles. The molecular weight excluding hydrogens is 390 g/mol. The monoisotopic (exact) mass is 407 g/mol. The van der Waals surface area contributed by atoms with Crippen molar-refractivity contribution in [3.05, 3.63) is 74.5 Å². The summed E-state index contributed by atoms with van der Waals surface area (Å²) >= 11 is 1.36. The molecule has 3 N–H and O–H groups in total. The molecule has 1 aliphatic rings. The summed E-state index contributed by atoms with van der Waals surface area (Å²) in [5.74, 6) is -1.09. The summed E-state index contributed by atoms with van der Waals surface area (Å²) in [6.45, 7) is 1.80. The highest BCUT2D eigenvalue weighted by atomic mass is 32.1. The van der Waals surface area contributed by atoms with Crippen molar-refractivity contribution in [2.45, 2.75) is 13.3 Å². The Bertz CT molecular complexity index is 1210. The number of hydrogen-bond donors (Lipinski definition) is 3. The summed E-state index contributed by atoms with van der Waals surface area (Å²) in [6.07, 6.45) is 0.733. The highest BCUT2D eigenvalue weighted by molar-refractivity contribution is 7.13. The van der Waals surface area contributed by atoms with Gasteiger partial charge in [-0.3, -0.25) is 14.4 Å². The first-order chi connectivity index (χ1) is 13.9. The normalized spacial score (nSPS) is 12.7. The number of aromatic nitrogens is 2. The number of ketones is 1. The Kier molecular flexibility index (Phi) is 4.85. The highest BCUT2D eigenvalue weighted by Gasteiger charge is 2.25. The van der Waals surface area contributed by atoms with Crippen molar-refractivity contribution >= 4 is 28.6 Å². The average molecular weight is 407 g/mol. The number of hydrogen-bond acceptors (Lipinski definition) is 6. The highest BCUT2D eigenvalue weighted by Crippen LogP contribution is 2.39. The lowest BCUT2D eigenvalue weighted by atomic mass is 10.1. The van der Waals surface area contributed by atoms with E-state index in [0.717, 1.165) is 23.1 Å². The second-order valence-electron chi connectivity index (χ2n) is 6.67. The number of benzene rings is 1. The van der Waals surface area contributed by atoms with E-state index < -0.39 is 17.2 Å². The van der Waals surface area contributed by atoms with Crippen LogP contribution >= 0.6 is 11.3 Å². The number of nitrogens with one attached hydrogen (secondary N) is 2. The Morgan fingerprint density at radius 2 is 2.10 bits per heavy atom. The zero-order valence-corrected chi connectivity index (χ0v) is 16.3. The third kappa shape index (κ3) is 3.88. The predicted molar refractivity (Wildman–Crippen MR) is 110 cm³/mol. The number of amides is 1. The molecule has 0 fully saturated rings.